The van der Waals surface area contributed by atoms with Crippen LogP contribution >= 0.6 is 7.14 Å². The van der Waals surface area contributed by atoms with E-state index in [-0.39, 0.29) is 28.6 Å². The number of benzene rings is 10. The number of nitrogens with zero attached hydrogens (tertiary/aromatic N) is 3. The highest BCUT2D eigenvalue weighted by atomic mass is 31.2. The highest BCUT2D eigenvalue weighted by Gasteiger charge is 2.30. The summed E-state index contributed by atoms with van der Waals surface area (Å²) in [4.78, 5) is 14.3. The molecule has 326 valence electrons. The Bertz CT molecular complexity index is 3630. The quantitative estimate of drug-likeness (QED) is 0.107. The standard InChI is InChI=1S/C59H36F4N3OP/c60-40-25-19-38(20-26-40)57-64-58(39-21-27-41(61)28-22-39)66-59(65-57)52-34-33-51(48-17-9-10-18-49(48)52)54-36-55(62)53(35-56(54)63)50-32-31-45(46-15-7-8-16-47(46)50)37-23-29-44(30-24-37)68(67,42-11-3-1-4-12-42)43-13-5-2-6-14-43/h1-36H. The van der Waals surface area contributed by atoms with Gasteiger partial charge in [0, 0.05) is 43.7 Å². The van der Waals surface area contributed by atoms with E-state index in [1.54, 1.807) is 36.4 Å². The molecule has 0 atom stereocenters. The molecule has 0 unspecified atom stereocenters. The third-order valence-corrected chi connectivity index (χ3v) is 15.4. The lowest BCUT2D eigenvalue weighted by molar-refractivity contribution is 0.592. The zero-order valence-electron chi connectivity index (χ0n) is 36.0. The molecule has 11 rings (SSSR count). The molecule has 9 heteroatoms. The molecule has 0 saturated carbocycles. The molecule has 0 saturated heterocycles. The number of rotatable bonds is 9. The van der Waals surface area contributed by atoms with Gasteiger partial charge in [-0.25, -0.2) is 32.5 Å². The molecule has 0 amide bonds. The summed E-state index contributed by atoms with van der Waals surface area (Å²) in [5.41, 5.74) is 4.65. The van der Waals surface area contributed by atoms with Crippen LogP contribution in [-0.4, -0.2) is 15.0 Å². The Morgan fingerprint density at radius 1 is 0.294 bits per heavy atom. The van der Waals surface area contributed by atoms with Crippen molar-refractivity contribution >= 4 is 44.6 Å². The van der Waals surface area contributed by atoms with Gasteiger partial charge in [-0.3, -0.25) is 0 Å². The first kappa shape index (κ1) is 42.3. The fourth-order valence-electron chi connectivity index (χ4n) is 9.00. The fourth-order valence-corrected chi connectivity index (χ4v) is 11.6. The summed E-state index contributed by atoms with van der Waals surface area (Å²) in [7, 11) is -3.18. The minimum Gasteiger partial charge on any atom is -0.309 e. The molecule has 68 heavy (non-hydrogen) atoms. The van der Waals surface area contributed by atoms with E-state index in [0.717, 1.165) is 32.5 Å². The molecule has 11 aromatic rings. The molecule has 4 nitrogen and oxygen atoms in total. The molecule has 0 aliphatic carbocycles. The third-order valence-electron chi connectivity index (χ3n) is 12.3. The summed E-state index contributed by atoms with van der Waals surface area (Å²) in [5, 5.41) is 5.09. The van der Waals surface area contributed by atoms with Crippen molar-refractivity contribution in [2.24, 2.45) is 0 Å². The maximum absolute atomic E-state index is 16.7. The average molecular weight is 910 g/mol. The Kier molecular flexibility index (Phi) is 10.9. The molecule has 0 spiro atoms. The van der Waals surface area contributed by atoms with Crippen molar-refractivity contribution in [1.82, 2.24) is 15.0 Å². The molecule has 0 fully saturated rings. The molecule has 0 N–H and O–H groups in total. The normalized spacial score (nSPS) is 11.6. The third kappa shape index (κ3) is 7.65. The van der Waals surface area contributed by atoms with Gasteiger partial charge in [-0.2, -0.15) is 0 Å². The van der Waals surface area contributed by atoms with Crippen LogP contribution in [0, 0.1) is 23.3 Å². The lowest BCUT2D eigenvalue weighted by Gasteiger charge is -2.20. The van der Waals surface area contributed by atoms with E-state index in [1.807, 2.05) is 146 Å². The molecule has 1 heterocycles. The van der Waals surface area contributed by atoms with Crippen molar-refractivity contribution in [2.45, 2.75) is 0 Å². The Labute approximate surface area is 389 Å². The zero-order chi connectivity index (χ0) is 46.4. The zero-order valence-corrected chi connectivity index (χ0v) is 36.9. The van der Waals surface area contributed by atoms with Crippen LogP contribution in [0.2, 0.25) is 0 Å². The second-order valence-corrected chi connectivity index (χ2v) is 19.1. The number of halogens is 4. The van der Waals surface area contributed by atoms with Gasteiger partial charge < -0.3 is 4.57 Å². The molecule has 10 aromatic carbocycles. The van der Waals surface area contributed by atoms with E-state index in [4.69, 9.17) is 9.97 Å². The van der Waals surface area contributed by atoms with Crippen LogP contribution < -0.4 is 15.9 Å². The van der Waals surface area contributed by atoms with Crippen molar-refractivity contribution in [3.8, 4) is 67.5 Å². The van der Waals surface area contributed by atoms with Crippen LogP contribution in [0.25, 0.3) is 89.1 Å². The minimum atomic E-state index is -3.18. The summed E-state index contributed by atoms with van der Waals surface area (Å²) < 4.78 is 76.4. The molecule has 0 aliphatic heterocycles. The van der Waals surface area contributed by atoms with Crippen molar-refractivity contribution in [3.05, 3.63) is 242 Å². The molecular formula is C59H36F4N3OP. The van der Waals surface area contributed by atoms with Crippen LogP contribution in [0.15, 0.2) is 218 Å². The second-order valence-electron chi connectivity index (χ2n) is 16.4. The predicted molar refractivity (Wildman–Crippen MR) is 267 cm³/mol. The molecule has 0 aliphatic rings. The number of fused-ring (bicyclic) bond motifs is 2. The van der Waals surface area contributed by atoms with Crippen LogP contribution in [-0.2, 0) is 4.57 Å². The number of aromatic nitrogens is 3. The first-order valence-corrected chi connectivity index (χ1v) is 23.6. The van der Waals surface area contributed by atoms with E-state index in [9.17, 15) is 8.78 Å². The molecule has 0 radical (unpaired) electrons. The van der Waals surface area contributed by atoms with Crippen molar-refractivity contribution < 1.29 is 22.1 Å². The summed E-state index contributed by atoms with van der Waals surface area (Å²) in [6, 6.07) is 63.1. The van der Waals surface area contributed by atoms with Gasteiger partial charge in [0.05, 0.1) is 0 Å². The maximum atomic E-state index is 16.7. The topological polar surface area (TPSA) is 55.7 Å². The lowest BCUT2D eigenvalue weighted by Crippen LogP contribution is -2.24. The number of hydrogen-bond acceptors (Lipinski definition) is 4. The summed E-state index contributed by atoms with van der Waals surface area (Å²) in [5.74, 6) is -1.20. The van der Waals surface area contributed by atoms with Gasteiger partial charge in [-0.1, -0.05) is 152 Å². The van der Waals surface area contributed by atoms with E-state index in [1.165, 1.54) is 36.4 Å². The van der Waals surface area contributed by atoms with E-state index in [2.05, 4.69) is 4.98 Å². The van der Waals surface area contributed by atoms with E-state index >= 15 is 13.3 Å². The summed E-state index contributed by atoms with van der Waals surface area (Å²) in [6.45, 7) is 0. The Hall–Kier alpha value is -8.32. The highest BCUT2D eigenvalue weighted by molar-refractivity contribution is 7.85. The average Bonchev–Trinajstić information content (AvgIpc) is 3.39. The number of hydrogen-bond donors (Lipinski definition) is 0. The Balaban J connectivity index is 0.968. The van der Waals surface area contributed by atoms with Crippen LogP contribution in [0.4, 0.5) is 17.6 Å². The maximum Gasteiger partial charge on any atom is 0.171 e. The van der Waals surface area contributed by atoms with Gasteiger partial charge in [0.1, 0.15) is 23.3 Å². The van der Waals surface area contributed by atoms with Gasteiger partial charge in [0.2, 0.25) is 0 Å². The molecule has 0 bridgehead atoms. The van der Waals surface area contributed by atoms with Gasteiger partial charge in [0.15, 0.2) is 24.6 Å². The van der Waals surface area contributed by atoms with E-state index < -0.39 is 30.4 Å². The SMILES string of the molecule is O=P(c1ccccc1)(c1ccccc1)c1ccc(-c2ccc(-c3cc(F)c(-c4ccc(-c5nc(-c6ccc(F)cc6)nc(-c6ccc(F)cc6)n5)c5ccccc45)cc3F)c3ccccc23)cc1. The summed E-state index contributed by atoms with van der Waals surface area (Å²) in [6.07, 6.45) is 0. The van der Waals surface area contributed by atoms with Crippen LogP contribution in [0.3, 0.4) is 0 Å². The summed E-state index contributed by atoms with van der Waals surface area (Å²) >= 11 is 0. The Morgan fingerprint density at radius 3 is 1.09 bits per heavy atom. The lowest BCUT2D eigenvalue weighted by atomic mass is 9.90. The van der Waals surface area contributed by atoms with Crippen molar-refractivity contribution in [2.75, 3.05) is 0 Å². The fraction of sp³-hybridized carbons (Fsp3) is 0. The second kappa shape index (κ2) is 17.5. The van der Waals surface area contributed by atoms with E-state index in [0.29, 0.717) is 43.9 Å². The largest absolute Gasteiger partial charge is 0.309 e. The van der Waals surface area contributed by atoms with Gasteiger partial charge in [0.25, 0.3) is 0 Å². The first-order chi connectivity index (χ1) is 33.2. The Morgan fingerprint density at radius 2 is 0.632 bits per heavy atom. The monoisotopic (exact) mass is 909 g/mol. The highest BCUT2D eigenvalue weighted by Crippen LogP contribution is 2.44. The smallest absolute Gasteiger partial charge is 0.171 e. The first-order valence-electron chi connectivity index (χ1n) is 21.9. The van der Waals surface area contributed by atoms with Gasteiger partial charge >= 0.3 is 0 Å². The van der Waals surface area contributed by atoms with Crippen molar-refractivity contribution in [1.29, 1.82) is 0 Å². The van der Waals surface area contributed by atoms with Gasteiger partial charge in [-0.15, -0.1) is 0 Å². The molecule has 1 aromatic heterocycles. The van der Waals surface area contributed by atoms with Crippen LogP contribution in [0.1, 0.15) is 0 Å². The van der Waals surface area contributed by atoms with Crippen molar-refractivity contribution in [3.63, 3.8) is 0 Å². The van der Waals surface area contributed by atoms with Crippen LogP contribution in [0.5, 0.6) is 0 Å². The molecular weight excluding hydrogens is 874 g/mol. The predicted octanol–water partition coefficient (Wildman–Crippen LogP) is 14.4. The minimum absolute atomic E-state index is 0.0768. The van der Waals surface area contributed by atoms with Gasteiger partial charge in [-0.05, 0) is 111 Å².